The van der Waals surface area contributed by atoms with Crippen molar-refractivity contribution in [2.24, 2.45) is 5.84 Å². The number of nitrogens with one attached hydrogen (secondary N) is 1. The molecule has 0 spiro atoms. The normalized spacial score (nSPS) is 10.1. The van der Waals surface area contributed by atoms with Crippen LogP contribution in [0.3, 0.4) is 0 Å². The van der Waals surface area contributed by atoms with Crippen molar-refractivity contribution in [3.05, 3.63) is 40.6 Å². The summed E-state index contributed by atoms with van der Waals surface area (Å²) in [5.41, 5.74) is 1.88. The summed E-state index contributed by atoms with van der Waals surface area (Å²) in [4.78, 5) is 18.7. The standard InChI is InChI=1S/C11H11N5O3S/c1-20-9-5-3-2-4-8(9)19-10-7(16(17)18)6-13-11(14-10)15-12/h2-6H,12H2,1H3,(H,13,14,15). The maximum absolute atomic E-state index is 11.0. The molecule has 0 aliphatic carbocycles. The predicted molar refractivity (Wildman–Crippen MR) is 74.8 cm³/mol. The van der Waals surface area contributed by atoms with Crippen molar-refractivity contribution < 1.29 is 9.66 Å². The Morgan fingerprint density at radius 1 is 1.45 bits per heavy atom. The average molecular weight is 293 g/mol. The van der Waals surface area contributed by atoms with Crippen molar-refractivity contribution in [3.8, 4) is 11.6 Å². The lowest BCUT2D eigenvalue weighted by atomic mass is 10.3. The van der Waals surface area contributed by atoms with Crippen molar-refractivity contribution in [2.75, 3.05) is 11.7 Å². The van der Waals surface area contributed by atoms with E-state index in [1.54, 1.807) is 12.1 Å². The topological polar surface area (TPSA) is 116 Å². The van der Waals surface area contributed by atoms with Gasteiger partial charge in [-0.3, -0.25) is 15.5 Å². The van der Waals surface area contributed by atoms with Crippen LogP contribution in [0.15, 0.2) is 35.4 Å². The van der Waals surface area contributed by atoms with Crippen LogP contribution in [0.1, 0.15) is 0 Å². The molecule has 0 radical (unpaired) electrons. The highest BCUT2D eigenvalue weighted by atomic mass is 32.2. The second kappa shape index (κ2) is 6.17. The van der Waals surface area contributed by atoms with Gasteiger partial charge in [-0.2, -0.15) is 4.98 Å². The van der Waals surface area contributed by atoms with Crippen molar-refractivity contribution in [1.82, 2.24) is 9.97 Å². The summed E-state index contributed by atoms with van der Waals surface area (Å²) < 4.78 is 5.53. The van der Waals surface area contributed by atoms with Gasteiger partial charge in [0.1, 0.15) is 11.9 Å². The highest BCUT2D eigenvalue weighted by Gasteiger charge is 2.20. The van der Waals surface area contributed by atoms with Crippen LogP contribution in [0.2, 0.25) is 0 Å². The van der Waals surface area contributed by atoms with Crippen LogP contribution in [-0.4, -0.2) is 21.1 Å². The number of nitrogen functional groups attached to an aromatic ring is 1. The van der Waals surface area contributed by atoms with E-state index in [9.17, 15) is 10.1 Å². The van der Waals surface area contributed by atoms with E-state index in [4.69, 9.17) is 10.6 Å². The monoisotopic (exact) mass is 293 g/mol. The Kier molecular flexibility index (Phi) is 4.33. The summed E-state index contributed by atoms with van der Waals surface area (Å²) in [5, 5.41) is 11.0. The lowest BCUT2D eigenvalue weighted by Gasteiger charge is -2.09. The number of hydrazine groups is 1. The number of aromatic nitrogens is 2. The van der Waals surface area contributed by atoms with Crippen LogP contribution in [-0.2, 0) is 0 Å². The Bertz CT molecular complexity index is 637. The maximum atomic E-state index is 11.0. The summed E-state index contributed by atoms with van der Waals surface area (Å²) in [6.07, 6.45) is 2.92. The molecule has 0 aliphatic heterocycles. The molecule has 0 fully saturated rings. The van der Waals surface area contributed by atoms with Gasteiger partial charge in [-0.05, 0) is 18.4 Å². The van der Waals surface area contributed by atoms with Crippen LogP contribution in [0.4, 0.5) is 11.6 Å². The average Bonchev–Trinajstić information content (AvgIpc) is 2.47. The van der Waals surface area contributed by atoms with E-state index in [0.717, 1.165) is 11.1 Å². The van der Waals surface area contributed by atoms with E-state index >= 15 is 0 Å². The lowest BCUT2D eigenvalue weighted by Crippen LogP contribution is -2.11. The number of nitrogens with zero attached hydrogens (tertiary/aromatic N) is 3. The SMILES string of the molecule is CSc1ccccc1Oc1nc(NN)ncc1[N+](=O)[O-]. The molecular weight excluding hydrogens is 282 g/mol. The van der Waals surface area contributed by atoms with Gasteiger partial charge in [0.2, 0.25) is 5.95 Å². The van der Waals surface area contributed by atoms with Gasteiger partial charge in [-0.15, -0.1) is 11.8 Å². The third-order valence-electron chi connectivity index (χ3n) is 2.34. The minimum Gasteiger partial charge on any atom is -0.432 e. The largest absolute Gasteiger partial charge is 0.432 e. The summed E-state index contributed by atoms with van der Waals surface area (Å²) in [5.74, 6) is 5.53. The molecule has 0 saturated heterocycles. The summed E-state index contributed by atoms with van der Waals surface area (Å²) in [6, 6.07) is 7.16. The Hall–Kier alpha value is -2.39. The van der Waals surface area contributed by atoms with Gasteiger partial charge in [-0.1, -0.05) is 12.1 Å². The second-order valence-electron chi connectivity index (χ2n) is 3.54. The summed E-state index contributed by atoms with van der Waals surface area (Å²) in [6.45, 7) is 0. The highest BCUT2D eigenvalue weighted by molar-refractivity contribution is 7.98. The van der Waals surface area contributed by atoms with E-state index in [0.29, 0.717) is 5.75 Å². The first kappa shape index (κ1) is 14.0. The number of ether oxygens (including phenoxy) is 1. The Labute approximate surface area is 118 Å². The van der Waals surface area contributed by atoms with Crippen molar-refractivity contribution in [2.45, 2.75) is 4.90 Å². The Balaban J connectivity index is 2.43. The molecule has 9 heteroatoms. The van der Waals surface area contributed by atoms with E-state index in [-0.39, 0.29) is 17.5 Å². The quantitative estimate of drug-likeness (QED) is 0.373. The van der Waals surface area contributed by atoms with E-state index in [1.807, 2.05) is 18.4 Å². The third-order valence-corrected chi connectivity index (χ3v) is 3.11. The van der Waals surface area contributed by atoms with Crippen LogP contribution in [0.25, 0.3) is 0 Å². The number of nitrogens with two attached hydrogens (primary N) is 1. The molecule has 0 atom stereocenters. The lowest BCUT2D eigenvalue weighted by molar-refractivity contribution is -0.386. The fourth-order valence-corrected chi connectivity index (χ4v) is 1.96. The first-order valence-corrected chi connectivity index (χ1v) is 6.67. The maximum Gasteiger partial charge on any atom is 0.349 e. The molecule has 104 valence electrons. The molecule has 3 N–H and O–H groups in total. The van der Waals surface area contributed by atoms with Gasteiger partial charge in [0, 0.05) is 4.90 Å². The van der Waals surface area contributed by atoms with Crippen LogP contribution >= 0.6 is 11.8 Å². The zero-order valence-corrected chi connectivity index (χ0v) is 11.3. The van der Waals surface area contributed by atoms with E-state index < -0.39 is 4.92 Å². The smallest absolute Gasteiger partial charge is 0.349 e. The minimum atomic E-state index is -0.614. The number of anilines is 1. The molecule has 8 nitrogen and oxygen atoms in total. The highest BCUT2D eigenvalue weighted by Crippen LogP contribution is 2.34. The van der Waals surface area contributed by atoms with Crippen molar-refractivity contribution in [3.63, 3.8) is 0 Å². The third kappa shape index (κ3) is 2.95. The van der Waals surface area contributed by atoms with E-state index in [2.05, 4.69) is 15.4 Å². The first-order valence-electron chi connectivity index (χ1n) is 5.44. The minimum absolute atomic E-state index is 0.0345. The number of para-hydroxylation sites is 1. The van der Waals surface area contributed by atoms with Gasteiger partial charge >= 0.3 is 11.6 Å². The molecular formula is C11H11N5O3S. The number of benzene rings is 1. The molecule has 2 aromatic rings. The number of thioether (sulfide) groups is 1. The Morgan fingerprint density at radius 2 is 2.20 bits per heavy atom. The molecule has 1 aromatic heterocycles. The number of nitro groups is 1. The Morgan fingerprint density at radius 3 is 2.85 bits per heavy atom. The van der Waals surface area contributed by atoms with Gasteiger partial charge in [-0.25, -0.2) is 10.8 Å². The molecule has 0 unspecified atom stereocenters. The van der Waals surface area contributed by atoms with Crippen LogP contribution in [0, 0.1) is 10.1 Å². The molecule has 0 aliphatic rings. The van der Waals surface area contributed by atoms with Gasteiger partial charge in [0.25, 0.3) is 0 Å². The molecule has 1 aromatic carbocycles. The number of rotatable bonds is 5. The zero-order valence-electron chi connectivity index (χ0n) is 10.4. The van der Waals surface area contributed by atoms with Gasteiger partial charge < -0.3 is 4.74 Å². The van der Waals surface area contributed by atoms with E-state index in [1.165, 1.54) is 11.8 Å². The van der Waals surface area contributed by atoms with Crippen molar-refractivity contribution >= 4 is 23.4 Å². The fourth-order valence-electron chi connectivity index (χ4n) is 1.44. The van der Waals surface area contributed by atoms with Gasteiger partial charge in [0.15, 0.2) is 0 Å². The molecule has 0 amide bonds. The summed E-state index contributed by atoms with van der Waals surface area (Å²) in [7, 11) is 0. The first-order chi connectivity index (χ1) is 9.65. The van der Waals surface area contributed by atoms with Crippen molar-refractivity contribution in [1.29, 1.82) is 0 Å². The molecule has 20 heavy (non-hydrogen) atoms. The van der Waals surface area contributed by atoms with Crippen LogP contribution in [0.5, 0.6) is 11.6 Å². The fraction of sp³-hybridized carbons (Fsp3) is 0.0909. The number of hydrogen-bond donors (Lipinski definition) is 2. The summed E-state index contributed by atoms with van der Waals surface area (Å²) >= 11 is 1.46. The molecule has 0 saturated carbocycles. The molecule has 0 bridgehead atoms. The zero-order chi connectivity index (χ0) is 14.5. The second-order valence-corrected chi connectivity index (χ2v) is 4.39. The predicted octanol–water partition coefficient (Wildman–Crippen LogP) is 2.18. The van der Waals surface area contributed by atoms with Crippen LogP contribution < -0.4 is 16.0 Å². The molecule has 2 rings (SSSR count). The molecule has 1 heterocycles. The number of hydrogen-bond acceptors (Lipinski definition) is 8. The van der Waals surface area contributed by atoms with Gasteiger partial charge in [0.05, 0.1) is 4.92 Å².